The number of amides is 1. The molecule has 1 amide bonds. The van der Waals surface area contributed by atoms with Crippen molar-refractivity contribution in [3.63, 3.8) is 0 Å². The molecule has 4 rings (SSSR count). The molecule has 180 valence electrons. The number of rotatable bonds is 9. The fraction of sp³-hybridized carbons (Fsp3) is 0.267. The van der Waals surface area contributed by atoms with E-state index in [1.165, 1.54) is 0 Å². The zero-order valence-corrected chi connectivity index (χ0v) is 20.9. The van der Waals surface area contributed by atoms with Crippen molar-refractivity contribution in [1.82, 2.24) is 9.55 Å². The largest absolute Gasteiger partial charge is 0.383 e. The number of aryl methyl sites for hydroxylation is 2. The molecule has 1 heterocycles. The Morgan fingerprint density at radius 2 is 1.77 bits per heavy atom. The smallest absolute Gasteiger partial charge is 0.247 e. The Kier molecular flexibility index (Phi) is 7.78. The van der Waals surface area contributed by atoms with Crippen LogP contribution in [0.5, 0.6) is 0 Å². The van der Waals surface area contributed by atoms with Crippen molar-refractivity contribution in [3.8, 4) is 0 Å². The third-order valence-corrected chi connectivity index (χ3v) is 6.26. The summed E-state index contributed by atoms with van der Waals surface area (Å²) in [6.45, 7) is 6.86. The van der Waals surface area contributed by atoms with Gasteiger partial charge in [0, 0.05) is 7.11 Å². The van der Waals surface area contributed by atoms with E-state index in [9.17, 15) is 4.79 Å². The van der Waals surface area contributed by atoms with Crippen molar-refractivity contribution in [3.05, 3.63) is 95.3 Å². The summed E-state index contributed by atoms with van der Waals surface area (Å²) in [6, 6.07) is 24.2. The highest BCUT2D eigenvalue weighted by Crippen LogP contribution is 2.29. The third-order valence-electron chi connectivity index (χ3n) is 6.26. The number of anilines is 1. The molecular weight excluding hydrogens is 434 g/mol. The van der Waals surface area contributed by atoms with E-state index in [2.05, 4.69) is 32.0 Å². The first kappa shape index (κ1) is 24.4. The van der Waals surface area contributed by atoms with Gasteiger partial charge in [-0.1, -0.05) is 73.7 Å². The molecule has 0 saturated carbocycles. The van der Waals surface area contributed by atoms with Gasteiger partial charge in [-0.3, -0.25) is 4.79 Å². The lowest BCUT2D eigenvalue weighted by Crippen LogP contribution is -2.44. The van der Waals surface area contributed by atoms with Gasteiger partial charge in [0.25, 0.3) is 0 Å². The summed E-state index contributed by atoms with van der Waals surface area (Å²) >= 11 is 0. The number of aromatic nitrogens is 2. The number of carbonyl (C=O) groups is 1. The van der Waals surface area contributed by atoms with E-state index < -0.39 is 0 Å². The highest BCUT2D eigenvalue weighted by Gasteiger charge is 2.26. The van der Waals surface area contributed by atoms with Crippen LogP contribution in [0.4, 0.5) is 5.69 Å². The monoisotopic (exact) mass is 467 g/mol. The van der Waals surface area contributed by atoms with E-state index in [-0.39, 0.29) is 18.5 Å². The van der Waals surface area contributed by atoms with Gasteiger partial charge in [-0.25, -0.2) is 4.98 Å². The lowest BCUT2D eigenvalue weighted by Gasteiger charge is -2.32. The number of para-hydroxylation sites is 3. The molecule has 4 aromatic rings. The summed E-state index contributed by atoms with van der Waals surface area (Å²) in [5, 5.41) is 0. The molecule has 1 atom stereocenters. The topological polar surface area (TPSA) is 47.4 Å². The first-order valence-electron chi connectivity index (χ1n) is 12.1. The molecule has 0 N–H and O–H groups in total. The maximum Gasteiger partial charge on any atom is 0.247 e. The molecule has 0 aliphatic carbocycles. The number of benzene rings is 3. The van der Waals surface area contributed by atoms with Crippen LogP contribution in [0.2, 0.25) is 0 Å². The SMILES string of the molecule is CCc1cccc(C)c1N(C(=O)Cn1c(/C=C/c2ccccc2)nc2ccccc21)[C@H](C)COC. The van der Waals surface area contributed by atoms with Gasteiger partial charge >= 0.3 is 0 Å². The number of hydrogen-bond acceptors (Lipinski definition) is 3. The minimum atomic E-state index is -0.114. The molecule has 35 heavy (non-hydrogen) atoms. The standard InChI is InChI=1S/C30H33N3O2/c1-5-25-15-11-12-22(2)30(25)33(23(3)21-35-4)29(34)20-32-27-17-10-9-16-26(27)31-28(32)19-18-24-13-7-6-8-14-24/h6-19,23H,5,20-21H2,1-4H3/b19-18+/t23-/m1/s1. The van der Waals surface area contributed by atoms with Gasteiger partial charge in [0.2, 0.25) is 5.91 Å². The molecule has 5 heteroatoms. The molecular formula is C30H33N3O2. The first-order valence-corrected chi connectivity index (χ1v) is 12.1. The number of fused-ring (bicyclic) bond motifs is 1. The lowest BCUT2D eigenvalue weighted by atomic mass is 10.0. The summed E-state index contributed by atoms with van der Waals surface area (Å²) in [5.41, 5.74) is 6.11. The van der Waals surface area contributed by atoms with Gasteiger partial charge in [0.15, 0.2) is 0 Å². The Hall–Kier alpha value is -3.70. The number of carbonyl (C=O) groups excluding carboxylic acids is 1. The van der Waals surface area contributed by atoms with Gasteiger partial charge < -0.3 is 14.2 Å². The molecule has 3 aromatic carbocycles. The molecule has 0 fully saturated rings. The van der Waals surface area contributed by atoms with E-state index >= 15 is 0 Å². The van der Waals surface area contributed by atoms with E-state index in [1.54, 1.807) is 7.11 Å². The van der Waals surface area contributed by atoms with Gasteiger partial charge in [-0.15, -0.1) is 0 Å². The fourth-order valence-corrected chi connectivity index (χ4v) is 4.59. The second-order valence-corrected chi connectivity index (χ2v) is 8.79. The molecule has 0 aliphatic rings. The van der Waals surface area contributed by atoms with Crippen LogP contribution < -0.4 is 4.90 Å². The predicted molar refractivity (Wildman–Crippen MR) is 144 cm³/mol. The third kappa shape index (κ3) is 5.36. The number of nitrogens with zero attached hydrogens (tertiary/aromatic N) is 3. The van der Waals surface area contributed by atoms with Gasteiger partial charge in [-0.05, 0) is 55.2 Å². The molecule has 5 nitrogen and oxygen atoms in total. The summed E-state index contributed by atoms with van der Waals surface area (Å²) in [5.74, 6) is 0.763. The quantitative estimate of drug-likeness (QED) is 0.297. The minimum absolute atomic E-state index is 0.0102. The van der Waals surface area contributed by atoms with Gasteiger partial charge in [-0.2, -0.15) is 0 Å². The lowest BCUT2D eigenvalue weighted by molar-refractivity contribution is -0.119. The van der Waals surface area contributed by atoms with Crippen molar-refractivity contribution >= 4 is 34.8 Å². The highest BCUT2D eigenvalue weighted by atomic mass is 16.5. The average molecular weight is 468 g/mol. The van der Waals surface area contributed by atoms with Crippen LogP contribution in [0.15, 0.2) is 72.8 Å². The number of hydrogen-bond donors (Lipinski definition) is 0. The van der Waals surface area contributed by atoms with Crippen LogP contribution in [-0.2, 0) is 22.5 Å². The zero-order valence-electron chi connectivity index (χ0n) is 20.9. The normalized spacial score (nSPS) is 12.3. The summed E-state index contributed by atoms with van der Waals surface area (Å²) in [7, 11) is 1.67. The van der Waals surface area contributed by atoms with E-state index in [4.69, 9.17) is 9.72 Å². The predicted octanol–water partition coefficient (Wildman–Crippen LogP) is 6.15. The number of ether oxygens (including phenoxy) is 1. The van der Waals surface area contributed by atoms with Crippen molar-refractivity contribution in [2.75, 3.05) is 18.6 Å². The van der Waals surface area contributed by atoms with Crippen LogP contribution in [-0.4, -0.2) is 35.2 Å². The van der Waals surface area contributed by atoms with Gasteiger partial charge in [0.05, 0.1) is 29.4 Å². The van der Waals surface area contributed by atoms with Crippen molar-refractivity contribution in [2.45, 2.75) is 39.8 Å². The van der Waals surface area contributed by atoms with Crippen LogP contribution in [0, 0.1) is 6.92 Å². The average Bonchev–Trinajstić information content (AvgIpc) is 3.22. The van der Waals surface area contributed by atoms with Crippen LogP contribution in [0.1, 0.15) is 36.4 Å². The summed E-state index contributed by atoms with van der Waals surface area (Å²) < 4.78 is 7.47. The van der Waals surface area contributed by atoms with Crippen LogP contribution in [0.25, 0.3) is 23.2 Å². The second kappa shape index (κ2) is 11.2. The Morgan fingerprint density at radius 3 is 2.51 bits per heavy atom. The van der Waals surface area contributed by atoms with Crippen LogP contribution >= 0.6 is 0 Å². The highest BCUT2D eigenvalue weighted by molar-refractivity contribution is 5.96. The fourth-order valence-electron chi connectivity index (χ4n) is 4.59. The summed E-state index contributed by atoms with van der Waals surface area (Å²) in [4.78, 5) is 20.8. The Balaban J connectivity index is 1.76. The Labute approximate surface area is 207 Å². The Morgan fingerprint density at radius 1 is 1.03 bits per heavy atom. The van der Waals surface area contributed by atoms with Gasteiger partial charge in [0.1, 0.15) is 12.4 Å². The molecule has 1 aromatic heterocycles. The molecule has 0 saturated heterocycles. The van der Waals surface area contributed by atoms with E-state index in [1.807, 2.05) is 83.1 Å². The van der Waals surface area contributed by atoms with Crippen molar-refractivity contribution in [2.24, 2.45) is 0 Å². The Bertz CT molecular complexity index is 1320. The minimum Gasteiger partial charge on any atom is -0.383 e. The molecule has 0 unspecified atom stereocenters. The summed E-state index contributed by atoms with van der Waals surface area (Å²) in [6.07, 6.45) is 4.86. The van der Waals surface area contributed by atoms with Crippen molar-refractivity contribution in [1.29, 1.82) is 0 Å². The van der Waals surface area contributed by atoms with Crippen molar-refractivity contribution < 1.29 is 9.53 Å². The number of methoxy groups -OCH3 is 1. The maximum atomic E-state index is 14.0. The molecule has 0 aliphatic heterocycles. The first-order chi connectivity index (χ1) is 17.0. The molecule has 0 radical (unpaired) electrons. The second-order valence-electron chi connectivity index (χ2n) is 8.79. The van der Waals surface area contributed by atoms with E-state index in [0.29, 0.717) is 6.61 Å². The molecule has 0 spiro atoms. The zero-order chi connectivity index (χ0) is 24.8. The maximum absolute atomic E-state index is 14.0. The van der Waals surface area contributed by atoms with Crippen LogP contribution in [0.3, 0.4) is 0 Å². The molecule has 0 bridgehead atoms. The number of imidazole rings is 1. The van der Waals surface area contributed by atoms with E-state index in [0.717, 1.165) is 45.7 Å².